The minimum atomic E-state index is 0.288. The number of hydrogen-bond donors (Lipinski definition) is 0. The van der Waals surface area contributed by atoms with Gasteiger partial charge >= 0.3 is 0 Å². The number of aromatic nitrogens is 3. The van der Waals surface area contributed by atoms with E-state index in [0.29, 0.717) is 19.8 Å². The van der Waals surface area contributed by atoms with Gasteiger partial charge in [0.15, 0.2) is 10.6 Å². The molecule has 7 nitrogen and oxygen atoms in total. The number of piperazine rings is 1. The highest BCUT2D eigenvalue weighted by Gasteiger charge is 2.24. The van der Waals surface area contributed by atoms with Crippen LogP contribution in [0.1, 0.15) is 24.8 Å². The molecule has 2 aromatic heterocycles. The molecule has 0 aliphatic carbocycles. The van der Waals surface area contributed by atoms with Crippen molar-refractivity contribution in [1.29, 1.82) is 0 Å². The summed E-state index contributed by atoms with van der Waals surface area (Å²) in [5.41, 5.74) is 1.21. The van der Waals surface area contributed by atoms with Crippen molar-refractivity contribution >= 4 is 29.5 Å². The molecule has 34 heavy (non-hydrogen) atoms. The fourth-order valence-corrected chi connectivity index (χ4v) is 5.71. The van der Waals surface area contributed by atoms with E-state index in [9.17, 15) is 4.79 Å². The van der Waals surface area contributed by atoms with Crippen LogP contribution in [-0.4, -0.2) is 80.8 Å². The van der Waals surface area contributed by atoms with E-state index in [1.807, 2.05) is 15.6 Å². The highest BCUT2D eigenvalue weighted by atomic mass is 32.1. The topological polar surface area (TPSA) is 49.5 Å². The number of likely N-dealkylation sites (tertiary alicyclic amines) is 1. The maximum atomic E-state index is 12.6. The van der Waals surface area contributed by atoms with Crippen LogP contribution in [-0.2, 0) is 18.0 Å². The summed E-state index contributed by atoms with van der Waals surface area (Å²) >= 11 is 7.58. The minimum absolute atomic E-state index is 0.288. The first-order chi connectivity index (χ1) is 16.7. The number of thiophene rings is 1. The van der Waals surface area contributed by atoms with Gasteiger partial charge in [0.05, 0.1) is 24.6 Å². The lowest BCUT2D eigenvalue weighted by molar-refractivity contribution is -0.133. The molecule has 0 saturated carbocycles. The molecule has 3 aromatic rings. The maximum Gasteiger partial charge on any atom is 0.236 e. The van der Waals surface area contributed by atoms with Gasteiger partial charge in [0.1, 0.15) is 0 Å². The van der Waals surface area contributed by atoms with Gasteiger partial charge in [0.25, 0.3) is 0 Å². The molecule has 9 heteroatoms. The summed E-state index contributed by atoms with van der Waals surface area (Å²) in [6, 6.07) is 14.6. The summed E-state index contributed by atoms with van der Waals surface area (Å²) in [4.78, 5) is 20.5. The van der Waals surface area contributed by atoms with E-state index in [1.54, 1.807) is 11.3 Å². The van der Waals surface area contributed by atoms with E-state index in [1.165, 1.54) is 12.0 Å². The van der Waals surface area contributed by atoms with Crippen molar-refractivity contribution < 1.29 is 4.79 Å². The number of carbonyl (C=O) groups excluding carboxylic acids is 1. The Morgan fingerprint density at radius 2 is 1.65 bits per heavy atom. The van der Waals surface area contributed by atoms with Crippen LogP contribution in [0.4, 0.5) is 0 Å². The monoisotopic (exact) mass is 496 g/mol. The van der Waals surface area contributed by atoms with Gasteiger partial charge < -0.3 is 4.90 Å². The summed E-state index contributed by atoms with van der Waals surface area (Å²) in [6.45, 7) is 7.40. The second-order valence-electron chi connectivity index (χ2n) is 9.13. The second-order valence-corrected chi connectivity index (χ2v) is 10.4. The fraction of sp³-hybridized carbons (Fsp3) is 0.480. The number of rotatable bonds is 7. The molecule has 2 aliphatic heterocycles. The lowest BCUT2D eigenvalue weighted by Gasteiger charge is -2.35. The van der Waals surface area contributed by atoms with Crippen molar-refractivity contribution in [3.63, 3.8) is 0 Å². The number of piperidine rings is 1. The standard InChI is InChI=1S/C25H32N6OS2/c32-23(29-11-5-2-6-12-29)19-27-13-15-28(16-14-27)20-31-25(33)30(18-21-8-3-1-4-9-21)24(26-31)22-10-7-17-34-22/h1,3-4,7-10,17H,2,5-6,11-16,18-20H2. The molecule has 2 aliphatic rings. The molecule has 0 N–H and O–H groups in total. The average Bonchev–Trinajstić information content (AvgIpc) is 3.51. The van der Waals surface area contributed by atoms with E-state index < -0.39 is 0 Å². The van der Waals surface area contributed by atoms with Crippen molar-refractivity contribution in [3.8, 4) is 10.7 Å². The van der Waals surface area contributed by atoms with E-state index in [4.69, 9.17) is 17.3 Å². The molecule has 5 rings (SSSR count). The Balaban J connectivity index is 1.24. The van der Waals surface area contributed by atoms with Gasteiger partial charge in [-0.1, -0.05) is 36.4 Å². The Morgan fingerprint density at radius 3 is 2.35 bits per heavy atom. The number of hydrogen-bond acceptors (Lipinski definition) is 6. The predicted octanol–water partition coefficient (Wildman–Crippen LogP) is 3.78. The number of amides is 1. The Labute approximate surface area is 210 Å². The minimum Gasteiger partial charge on any atom is -0.342 e. The van der Waals surface area contributed by atoms with Gasteiger partial charge in [0, 0.05) is 39.3 Å². The third kappa shape index (κ3) is 5.49. The highest BCUT2D eigenvalue weighted by Crippen LogP contribution is 2.25. The van der Waals surface area contributed by atoms with Gasteiger partial charge in [-0.2, -0.15) is 0 Å². The Kier molecular flexibility index (Phi) is 7.54. The summed E-state index contributed by atoms with van der Waals surface area (Å²) in [5, 5.41) is 7.02. The van der Waals surface area contributed by atoms with Crippen molar-refractivity contribution in [2.24, 2.45) is 0 Å². The van der Waals surface area contributed by atoms with Crippen molar-refractivity contribution in [3.05, 3.63) is 58.2 Å². The van der Waals surface area contributed by atoms with E-state index in [0.717, 1.165) is 67.6 Å². The molecule has 0 bridgehead atoms. The second kappa shape index (κ2) is 10.9. The van der Waals surface area contributed by atoms with E-state index in [-0.39, 0.29) is 5.91 Å². The molecule has 1 amide bonds. The van der Waals surface area contributed by atoms with Crippen molar-refractivity contribution in [1.82, 2.24) is 29.0 Å². The van der Waals surface area contributed by atoms with Crippen LogP contribution in [0.15, 0.2) is 47.8 Å². The molecule has 0 spiro atoms. The number of nitrogens with zero attached hydrogens (tertiary/aromatic N) is 6. The SMILES string of the molecule is O=C(CN1CCN(Cn2nc(-c3cccs3)n(Cc3ccccc3)c2=S)CC1)N1CCCCC1. The molecule has 2 saturated heterocycles. The smallest absolute Gasteiger partial charge is 0.236 e. The first kappa shape index (κ1) is 23.4. The lowest BCUT2D eigenvalue weighted by Crippen LogP contribution is -2.50. The quantitative estimate of drug-likeness (QED) is 0.466. The molecular weight excluding hydrogens is 464 g/mol. The van der Waals surface area contributed by atoms with Crippen LogP contribution >= 0.6 is 23.6 Å². The largest absolute Gasteiger partial charge is 0.342 e. The highest BCUT2D eigenvalue weighted by molar-refractivity contribution is 7.71. The molecule has 180 valence electrons. The van der Waals surface area contributed by atoms with Crippen LogP contribution in [0.25, 0.3) is 10.7 Å². The Morgan fingerprint density at radius 1 is 0.912 bits per heavy atom. The first-order valence-corrected chi connectivity index (χ1v) is 13.4. The number of carbonyl (C=O) groups is 1. The first-order valence-electron chi connectivity index (χ1n) is 12.2. The van der Waals surface area contributed by atoms with Crippen molar-refractivity contribution in [2.75, 3.05) is 45.8 Å². The van der Waals surface area contributed by atoms with Gasteiger partial charge in [-0.25, -0.2) is 4.68 Å². The Bertz CT molecular complexity index is 1130. The van der Waals surface area contributed by atoms with Crippen LogP contribution in [0.2, 0.25) is 0 Å². The molecule has 4 heterocycles. The predicted molar refractivity (Wildman–Crippen MR) is 138 cm³/mol. The molecule has 0 unspecified atom stereocenters. The molecule has 2 fully saturated rings. The molecular formula is C25H32N6OS2. The van der Waals surface area contributed by atoms with Crippen LogP contribution in [0.5, 0.6) is 0 Å². The third-order valence-electron chi connectivity index (χ3n) is 6.71. The zero-order valence-corrected chi connectivity index (χ0v) is 21.1. The average molecular weight is 497 g/mol. The summed E-state index contributed by atoms with van der Waals surface area (Å²) in [6.07, 6.45) is 3.54. The van der Waals surface area contributed by atoms with Crippen LogP contribution in [0, 0.1) is 4.77 Å². The summed E-state index contributed by atoms with van der Waals surface area (Å²) in [7, 11) is 0. The molecule has 0 atom stereocenters. The zero-order chi connectivity index (χ0) is 23.3. The fourth-order valence-electron chi connectivity index (χ4n) is 4.74. The normalized spacial score (nSPS) is 17.8. The van der Waals surface area contributed by atoms with Crippen molar-refractivity contribution in [2.45, 2.75) is 32.5 Å². The Hall–Kier alpha value is -2.33. The molecule has 0 radical (unpaired) electrons. The van der Waals surface area contributed by atoms with E-state index >= 15 is 0 Å². The van der Waals surface area contributed by atoms with E-state index in [2.05, 4.69) is 56.1 Å². The van der Waals surface area contributed by atoms with Gasteiger partial charge in [0.2, 0.25) is 5.91 Å². The van der Waals surface area contributed by atoms with Gasteiger partial charge in [-0.3, -0.25) is 19.2 Å². The maximum absolute atomic E-state index is 12.6. The lowest BCUT2D eigenvalue weighted by atomic mass is 10.1. The summed E-state index contributed by atoms with van der Waals surface area (Å²) < 4.78 is 4.85. The van der Waals surface area contributed by atoms with Crippen LogP contribution < -0.4 is 0 Å². The third-order valence-corrected chi connectivity index (χ3v) is 8.01. The molecule has 1 aromatic carbocycles. The zero-order valence-electron chi connectivity index (χ0n) is 19.5. The van der Waals surface area contributed by atoms with Crippen LogP contribution in [0.3, 0.4) is 0 Å². The number of benzene rings is 1. The van der Waals surface area contributed by atoms with Gasteiger partial charge in [-0.15, -0.1) is 16.4 Å². The van der Waals surface area contributed by atoms with Gasteiger partial charge in [-0.05, 0) is 48.5 Å². The summed E-state index contributed by atoms with van der Waals surface area (Å²) in [5.74, 6) is 1.21.